The molecule has 1 rings (SSSR count). The Bertz CT molecular complexity index is 353. The number of benzene rings is 1. The number of unbranched alkanes of at least 4 members (excludes halogenated alkanes) is 7. The van der Waals surface area contributed by atoms with Gasteiger partial charge in [-0.2, -0.15) is 0 Å². The van der Waals surface area contributed by atoms with Gasteiger partial charge >= 0.3 is 0 Å². The van der Waals surface area contributed by atoms with Crippen LogP contribution in [0.2, 0.25) is 0 Å². The van der Waals surface area contributed by atoms with Crippen LogP contribution in [0.5, 0.6) is 0 Å². The molecule has 0 saturated carbocycles. The van der Waals surface area contributed by atoms with Crippen LogP contribution in [0.15, 0.2) is 30.3 Å². The van der Waals surface area contributed by atoms with Crippen LogP contribution in [0.3, 0.4) is 0 Å². The van der Waals surface area contributed by atoms with Crippen molar-refractivity contribution in [2.75, 3.05) is 19.6 Å². The molecule has 0 aliphatic rings. The van der Waals surface area contributed by atoms with Gasteiger partial charge in [0.05, 0.1) is 19.6 Å². The van der Waals surface area contributed by atoms with Crippen molar-refractivity contribution in [1.29, 1.82) is 0 Å². The van der Waals surface area contributed by atoms with Crippen LogP contribution in [-0.2, 0) is 6.54 Å². The van der Waals surface area contributed by atoms with Gasteiger partial charge in [-0.25, -0.2) is 0 Å². The van der Waals surface area contributed by atoms with Crippen LogP contribution in [0.4, 0.5) is 0 Å². The Balaban J connectivity index is 2.28. The van der Waals surface area contributed by atoms with Crippen molar-refractivity contribution < 1.29 is 4.48 Å². The van der Waals surface area contributed by atoms with E-state index in [0.29, 0.717) is 0 Å². The summed E-state index contributed by atoms with van der Waals surface area (Å²) in [7, 11) is 0. The first-order chi connectivity index (χ1) is 10.8. The van der Waals surface area contributed by atoms with E-state index in [0.717, 1.165) is 0 Å². The molecule has 0 spiro atoms. The number of hydrogen-bond acceptors (Lipinski definition) is 0. The largest absolute Gasteiger partial charge is 0.320 e. The zero-order chi connectivity index (χ0) is 16.1. The lowest BCUT2D eigenvalue weighted by Gasteiger charge is -2.37. The summed E-state index contributed by atoms with van der Waals surface area (Å²) >= 11 is 0. The summed E-state index contributed by atoms with van der Waals surface area (Å²) in [6, 6.07) is 11.0. The van der Waals surface area contributed by atoms with Crippen molar-refractivity contribution in [1.82, 2.24) is 0 Å². The third kappa shape index (κ3) is 7.45. The fraction of sp³-hybridized carbons (Fsp3) is 0.714. The average molecular weight is 305 g/mol. The van der Waals surface area contributed by atoms with E-state index in [1.165, 1.54) is 87.6 Å². The summed E-state index contributed by atoms with van der Waals surface area (Å²) in [5, 5.41) is 0. The average Bonchev–Trinajstić information content (AvgIpc) is 2.57. The number of nitrogens with zero attached hydrogens (tertiary/aromatic N) is 1. The highest BCUT2D eigenvalue weighted by molar-refractivity contribution is 5.13. The topological polar surface area (TPSA) is 0 Å². The Morgan fingerprint density at radius 2 is 1.23 bits per heavy atom. The van der Waals surface area contributed by atoms with Gasteiger partial charge in [0.25, 0.3) is 0 Å². The summed E-state index contributed by atoms with van der Waals surface area (Å²) in [5.41, 5.74) is 1.49. The minimum Gasteiger partial charge on any atom is -0.320 e. The summed E-state index contributed by atoms with van der Waals surface area (Å²) in [4.78, 5) is 0. The monoisotopic (exact) mass is 304 g/mol. The fourth-order valence-corrected chi connectivity index (χ4v) is 3.39. The third-order valence-electron chi connectivity index (χ3n) is 5.19. The first kappa shape index (κ1) is 19.2. The Labute approximate surface area is 139 Å². The molecule has 1 aromatic carbocycles. The van der Waals surface area contributed by atoms with Crippen molar-refractivity contribution in [3.8, 4) is 0 Å². The van der Waals surface area contributed by atoms with Gasteiger partial charge < -0.3 is 4.48 Å². The van der Waals surface area contributed by atoms with Crippen LogP contribution in [0.1, 0.15) is 77.7 Å². The first-order valence-electron chi connectivity index (χ1n) is 9.65. The maximum atomic E-state index is 2.36. The smallest absolute Gasteiger partial charge is 0.104 e. The maximum Gasteiger partial charge on any atom is 0.104 e. The summed E-state index contributed by atoms with van der Waals surface area (Å²) < 4.78 is 1.25. The molecule has 1 nitrogen and oxygen atoms in total. The van der Waals surface area contributed by atoms with Gasteiger partial charge in [-0.05, 0) is 26.7 Å². The van der Waals surface area contributed by atoms with E-state index in [1.54, 1.807) is 0 Å². The van der Waals surface area contributed by atoms with Crippen molar-refractivity contribution in [2.45, 2.75) is 78.7 Å². The van der Waals surface area contributed by atoms with E-state index >= 15 is 0 Å². The number of hydrogen-bond donors (Lipinski definition) is 0. The maximum absolute atomic E-state index is 2.36. The van der Waals surface area contributed by atoms with Gasteiger partial charge in [-0.15, -0.1) is 0 Å². The molecule has 0 heterocycles. The van der Waals surface area contributed by atoms with Crippen LogP contribution in [-0.4, -0.2) is 24.1 Å². The van der Waals surface area contributed by atoms with Crippen LogP contribution in [0.25, 0.3) is 0 Å². The second-order valence-electron chi connectivity index (χ2n) is 6.82. The van der Waals surface area contributed by atoms with Gasteiger partial charge in [0.2, 0.25) is 0 Å². The Kier molecular flexibility index (Phi) is 10.2. The number of rotatable bonds is 13. The molecular formula is C21H38N+. The molecule has 0 atom stereocenters. The second kappa shape index (κ2) is 11.7. The molecule has 0 unspecified atom stereocenters. The minimum absolute atomic E-state index is 1.20. The zero-order valence-corrected chi connectivity index (χ0v) is 15.3. The quantitative estimate of drug-likeness (QED) is 0.301. The molecule has 0 saturated heterocycles. The van der Waals surface area contributed by atoms with E-state index in [1.807, 2.05) is 0 Å². The molecule has 0 aromatic heterocycles. The van der Waals surface area contributed by atoms with Crippen molar-refractivity contribution in [2.24, 2.45) is 0 Å². The molecular weight excluding hydrogens is 266 g/mol. The Hall–Kier alpha value is -0.820. The summed E-state index contributed by atoms with van der Waals surface area (Å²) in [6.45, 7) is 12.1. The van der Waals surface area contributed by atoms with E-state index in [-0.39, 0.29) is 0 Å². The summed E-state index contributed by atoms with van der Waals surface area (Å²) in [5.74, 6) is 0. The molecule has 0 bridgehead atoms. The Morgan fingerprint density at radius 1 is 0.682 bits per heavy atom. The lowest BCUT2D eigenvalue weighted by molar-refractivity contribution is -0.938. The van der Waals surface area contributed by atoms with Crippen molar-refractivity contribution in [3.05, 3.63) is 35.9 Å². The molecule has 0 aliphatic carbocycles. The van der Waals surface area contributed by atoms with Gasteiger partial charge in [-0.1, -0.05) is 75.8 Å². The van der Waals surface area contributed by atoms with Gasteiger partial charge in [0.15, 0.2) is 0 Å². The number of quaternary nitrogens is 1. The molecule has 0 N–H and O–H groups in total. The van der Waals surface area contributed by atoms with Gasteiger partial charge in [0.1, 0.15) is 6.54 Å². The lowest BCUT2D eigenvalue weighted by atomic mass is 10.1. The first-order valence-corrected chi connectivity index (χ1v) is 9.65. The molecule has 0 radical (unpaired) electrons. The highest BCUT2D eigenvalue weighted by Gasteiger charge is 2.22. The van der Waals surface area contributed by atoms with Crippen LogP contribution < -0.4 is 0 Å². The van der Waals surface area contributed by atoms with E-state index in [9.17, 15) is 0 Å². The normalized spacial score (nSPS) is 11.8. The van der Waals surface area contributed by atoms with Crippen LogP contribution >= 0.6 is 0 Å². The Morgan fingerprint density at radius 3 is 1.77 bits per heavy atom. The second-order valence-corrected chi connectivity index (χ2v) is 6.82. The van der Waals surface area contributed by atoms with Gasteiger partial charge in [0, 0.05) is 5.56 Å². The predicted molar refractivity (Wildman–Crippen MR) is 99.0 cm³/mol. The third-order valence-corrected chi connectivity index (χ3v) is 5.19. The molecule has 1 aromatic rings. The summed E-state index contributed by atoms with van der Waals surface area (Å²) in [6.07, 6.45) is 11.3. The van der Waals surface area contributed by atoms with Gasteiger partial charge in [-0.3, -0.25) is 0 Å². The predicted octanol–water partition coefficient (Wildman–Crippen LogP) is 6.18. The van der Waals surface area contributed by atoms with Crippen molar-refractivity contribution >= 4 is 0 Å². The SMILES string of the molecule is CCCCCCCCCC[N+](CC)(CC)Cc1ccccc1. The molecule has 1 heteroatoms. The molecule has 0 fully saturated rings. The van der Waals surface area contributed by atoms with E-state index in [2.05, 4.69) is 51.1 Å². The van der Waals surface area contributed by atoms with E-state index < -0.39 is 0 Å². The van der Waals surface area contributed by atoms with E-state index in [4.69, 9.17) is 0 Å². The zero-order valence-electron chi connectivity index (χ0n) is 15.3. The highest BCUT2D eigenvalue weighted by Crippen LogP contribution is 2.17. The highest BCUT2D eigenvalue weighted by atomic mass is 15.3. The fourth-order valence-electron chi connectivity index (χ4n) is 3.39. The minimum atomic E-state index is 1.20. The van der Waals surface area contributed by atoms with Crippen molar-refractivity contribution in [3.63, 3.8) is 0 Å². The van der Waals surface area contributed by atoms with Crippen LogP contribution in [0, 0.1) is 0 Å². The standard InChI is InChI=1S/C21H38N/c1-4-7-8-9-10-11-12-16-19-22(5-2,6-3)20-21-17-14-13-15-18-21/h13-15,17-18H,4-12,16,19-20H2,1-3H3/q+1. The lowest BCUT2D eigenvalue weighted by Crippen LogP contribution is -2.47. The molecule has 22 heavy (non-hydrogen) atoms. The molecule has 126 valence electrons. The molecule has 0 amide bonds. The molecule has 0 aliphatic heterocycles.